The number of aromatic nitrogens is 1. The first-order chi connectivity index (χ1) is 11.1. The van der Waals surface area contributed by atoms with Crippen LogP contribution < -0.4 is 5.32 Å². The Hall–Kier alpha value is -3.22. The van der Waals surface area contributed by atoms with E-state index in [1.165, 1.54) is 44.7 Å². The van der Waals surface area contributed by atoms with Crippen molar-refractivity contribution in [3.8, 4) is 0 Å². The predicted molar refractivity (Wildman–Crippen MR) is 81.3 cm³/mol. The van der Waals surface area contributed by atoms with Gasteiger partial charge in [-0.3, -0.25) is 9.78 Å². The van der Waals surface area contributed by atoms with Gasteiger partial charge in [-0.1, -0.05) is 6.07 Å². The number of methoxy groups -OCH3 is 2. The van der Waals surface area contributed by atoms with Gasteiger partial charge in [0.2, 0.25) is 0 Å². The standard InChI is InChI=1S/C16H14N2O5/c1-22-15(20)10-6-7-11(16(21)23-2)13(9-10)18-14(19)12-5-3-4-8-17-12/h3-9H,1-2H3,(H,18,19). The minimum absolute atomic E-state index is 0.115. The van der Waals surface area contributed by atoms with Gasteiger partial charge in [-0.2, -0.15) is 0 Å². The van der Waals surface area contributed by atoms with E-state index in [2.05, 4.69) is 19.8 Å². The SMILES string of the molecule is COC(=O)c1ccc(C(=O)OC)c(NC(=O)c2ccccn2)c1. The van der Waals surface area contributed by atoms with E-state index in [1.807, 2.05) is 0 Å². The molecule has 0 spiro atoms. The maximum Gasteiger partial charge on any atom is 0.339 e. The Morgan fingerprint density at radius 1 is 1.00 bits per heavy atom. The second-order valence-electron chi connectivity index (χ2n) is 4.41. The number of nitrogens with one attached hydrogen (secondary N) is 1. The molecule has 118 valence electrons. The van der Waals surface area contributed by atoms with E-state index < -0.39 is 17.8 Å². The summed E-state index contributed by atoms with van der Waals surface area (Å²) < 4.78 is 9.30. The number of pyridine rings is 1. The molecule has 2 rings (SSSR count). The van der Waals surface area contributed by atoms with Crippen molar-refractivity contribution in [2.45, 2.75) is 0 Å². The number of carbonyl (C=O) groups excluding carboxylic acids is 3. The minimum Gasteiger partial charge on any atom is -0.465 e. The molecule has 1 amide bonds. The molecule has 1 N–H and O–H groups in total. The number of hydrogen-bond donors (Lipinski definition) is 1. The van der Waals surface area contributed by atoms with Crippen molar-refractivity contribution in [3.63, 3.8) is 0 Å². The maximum atomic E-state index is 12.2. The highest BCUT2D eigenvalue weighted by atomic mass is 16.5. The minimum atomic E-state index is -0.641. The van der Waals surface area contributed by atoms with Crippen molar-refractivity contribution in [3.05, 3.63) is 59.4 Å². The smallest absolute Gasteiger partial charge is 0.339 e. The molecule has 1 heterocycles. The third-order valence-electron chi connectivity index (χ3n) is 2.99. The van der Waals surface area contributed by atoms with Gasteiger partial charge in [0.1, 0.15) is 5.69 Å². The topological polar surface area (TPSA) is 94.6 Å². The maximum absolute atomic E-state index is 12.2. The molecule has 23 heavy (non-hydrogen) atoms. The van der Waals surface area contributed by atoms with Crippen LogP contribution in [-0.2, 0) is 9.47 Å². The van der Waals surface area contributed by atoms with Gasteiger partial charge in [0.25, 0.3) is 5.91 Å². The molecule has 7 heteroatoms. The molecule has 0 saturated heterocycles. The molecule has 7 nitrogen and oxygen atoms in total. The van der Waals surface area contributed by atoms with Crippen molar-refractivity contribution in [1.82, 2.24) is 4.98 Å². The summed E-state index contributed by atoms with van der Waals surface area (Å²) in [5, 5.41) is 2.55. The summed E-state index contributed by atoms with van der Waals surface area (Å²) in [6.07, 6.45) is 1.47. The van der Waals surface area contributed by atoms with Crippen LogP contribution in [0, 0.1) is 0 Å². The average molecular weight is 314 g/mol. The average Bonchev–Trinajstić information content (AvgIpc) is 2.61. The Bertz CT molecular complexity index is 743. The summed E-state index contributed by atoms with van der Waals surface area (Å²) in [7, 11) is 2.46. The number of esters is 2. The fourth-order valence-electron chi connectivity index (χ4n) is 1.86. The lowest BCUT2D eigenvalue weighted by Gasteiger charge is -2.11. The molecule has 0 unspecified atom stereocenters. The number of ether oxygens (including phenoxy) is 2. The molecular formula is C16H14N2O5. The molecule has 0 fully saturated rings. The van der Waals surface area contributed by atoms with E-state index in [-0.39, 0.29) is 22.5 Å². The zero-order valence-electron chi connectivity index (χ0n) is 12.5. The van der Waals surface area contributed by atoms with Crippen molar-refractivity contribution < 1.29 is 23.9 Å². The van der Waals surface area contributed by atoms with Gasteiger partial charge >= 0.3 is 11.9 Å². The second kappa shape index (κ2) is 7.17. The number of amides is 1. The molecule has 0 saturated carbocycles. The molecule has 1 aromatic carbocycles. The molecule has 0 bridgehead atoms. The Balaban J connectivity index is 2.39. The predicted octanol–water partition coefficient (Wildman–Crippen LogP) is 1.91. The van der Waals surface area contributed by atoms with Crippen molar-refractivity contribution in [1.29, 1.82) is 0 Å². The summed E-state index contributed by atoms with van der Waals surface area (Å²) in [6, 6.07) is 9.00. The molecule has 1 aromatic heterocycles. The molecule has 0 aliphatic carbocycles. The lowest BCUT2D eigenvalue weighted by Crippen LogP contribution is -2.17. The van der Waals surface area contributed by atoms with Gasteiger partial charge in [-0.25, -0.2) is 9.59 Å². The number of carbonyl (C=O) groups is 3. The van der Waals surface area contributed by atoms with Crippen LogP contribution in [0.25, 0.3) is 0 Å². The highest BCUT2D eigenvalue weighted by Gasteiger charge is 2.18. The van der Waals surface area contributed by atoms with Gasteiger partial charge in [0.15, 0.2) is 0 Å². The van der Waals surface area contributed by atoms with Gasteiger partial charge in [0, 0.05) is 6.20 Å². The number of anilines is 1. The van der Waals surface area contributed by atoms with Crippen molar-refractivity contribution >= 4 is 23.5 Å². The first-order valence-corrected chi connectivity index (χ1v) is 6.60. The third kappa shape index (κ3) is 3.70. The van der Waals surface area contributed by atoms with Crippen molar-refractivity contribution in [2.75, 3.05) is 19.5 Å². The Morgan fingerprint density at radius 2 is 1.74 bits per heavy atom. The molecule has 0 radical (unpaired) electrons. The van der Waals surface area contributed by atoms with Gasteiger partial charge in [-0.05, 0) is 30.3 Å². The van der Waals surface area contributed by atoms with Gasteiger partial charge in [0.05, 0.1) is 31.0 Å². The summed E-state index contributed by atoms with van der Waals surface area (Å²) in [5.41, 5.74) is 0.614. The number of nitrogens with zero attached hydrogens (tertiary/aromatic N) is 1. The van der Waals surface area contributed by atoms with Crippen LogP contribution in [0.2, 0.25) is 0 Å². The summed E-state index contributed by atoms with van der Waals surface area (Å²) in [5.74, 6) is -1.75. The zero-order chi connectivity index (χ0) is 16.8. The molecule has 2 aromatic rings. The molecule has 0 aliphatic heterocycles. The number of benzene rings is 1. The Kier molecular flexibility index (Phi) is 5.03. The van der Waals surface area contributed by atoms with E-state index in [0.717, 1.165) is 0 Å². The van der Waals surface area contributed by atoms with Crippen LogP contribution in [0.1, 0.15) is 31.2 Å². The lowest BCUT2D eigenvalue weighted by molar-refractivity contribution is 0.0587. The second-order valence-corrected chi connectivity index (χ2v) is 4.41. The van der Waals surface area contributed by atoms with E-state index >= 15 is 0 Å². The first kappa shape index (κ1) is 16.2. The van der Waals surface area contributed by atoms with Crippen LogP contribution in [0.3, 0.4) is 0 Å². The monoisotopic (exact) mass is 314 g/mol. The lowest BCUT2D eigenvalue weighted by atomic mass is 10.1. The highest BCUT2D eigenvalue weighted by molar-refractivity contribution is 6.08. The van der Waals surface area contributed by atoms with Crippen LogP contribution in [0.5, 0.6) is 0 Å². The van der Waals surface area contributed by atoms with E-state index in [9.17, 15) is 14.4 Å². The summed E-state index contributed by atoms with van der Waals surface area (Å²) >= 11 is 0. The normalized spacial score (nSPS) is 9.83. The Morgan fingerprint density at radius 3 is 2.35 bits per heavy atom. The van der Waals surface area contributed by atoms with Crippen LogP contribution in [0.4, 0.5) is 5.69 Å². The molecule has 0 aliphatic rings. The first-order valence-electron chi connectivity index (χ1n) is 6.60. The fourth-order valence-corrected chi connectivity index (χ4v) is 1.86. The highest BCUT2D eigenvalue weighted by Crippen LogP contribution is 2.20. The third-order valence-corrected chi connectivity index (χ3v) is 2.99. The number of rotatable bonds is 4. The fraction of sp³-hybridized carbons (Fsp3) is 0.125. The van der Waals surface area contributed by atoms with Gasteiger partial charge in [-0.15, -0.1) is 0 Å². The van der Waals surface area contributed by atoms with Crippen LogP contribution >= 0.6 is 0 Å². The Labute approximate surface area is 132 Å². The van der Waals surface area contributed by atoms with Crippen LogP contribution in [-0.4, -0.2) is 37.0 Å². The number of hydrogen-bond acceptors (Lipinski definition) is 6. The molecule has 0 atom stereocenters. The largest absolute Gasteiger partial charge is 0.465 e. The van der Waals surface area contributed by atoms with Crippen molar-refractivity contribution in [2.24, 2.45) is 0 Å². The van der Waals surface area contributed by atoms with E-state index in [1.54, 1.807) is 12.1 Å². The molecular weight excluding hydrogens is 300 g/mol. The summed E-state index contributed by atoms with van der Waals surface area (Å²) in [6.45, 7) is 0. The van der Waals surface area contributed by atoms with E-state index in [4.69, 9.17) is 0 Å². The van der Waals surface area contributed by atoms with Crippen LogP contribution in [0.15, 0.2) is 42.6 Å². The van der Waals surface area contributed by atoms with Gasteiger partial charge < -0.3 is 14.8 Å². The zero-order valence-corrected chi connectivity index (χ0v) is 12.5. The van der Waals surface area contributed by atoms with E-state index in [0.29, 0.717) is 0 Å². The quantitative estimate of drug-likeness (QED) is 0.866. The summed E-state index contributed by atoms with van der Waals surface area (Å²) in [4.78, 5) is 39.5.